The Balaban J connectivity index is 2.15. The summed E-state index contributed by atoms with van der Waals surface area (Å²) in [6.07, 6.45) is 3.07. The Morgan fingerprint density at radius 2 is 2.10 bits per heavy atom. The number of nitrogens with two attached hydrogens (primary N) is 1. The van der Waals surface area contributed by atoms with Gasteiger partial charge in [0.25, 0.3) is 0 Å². The standard InChI is InChI=1S/C16H23N3OS/c1-5-12-9-18-16(21-12)11(4)19-13-7-6-8-14(15(13)17)20-10(2)3/h6-11,19H,5,17H2,1-4H3. The molecule has 5 heteroatoms. The third-order valence-corrected chi connectivity index (χ3v) is 4.42. The number of aromatic nitrogens is 1. The Labute approximate surface area is 130 Å². The van der Waals surface area contributed by atoms with Crippen LogP contribution in [0.5, 0.6) is 5.75 Å². The summed E-state index contributed by atoms with van der Waals surface area (Å²) < 4.78 is 5.72. The van der Waals surface area contributed by atoms with Crippen molar-refractivity contribution in [2.45, 2.75) is 46.3 Å². The molecule has 0 aliphatic carbocycles. The third kappa shape index (κ3) is 3.88. The van der Waals surface area contributed by atoms with Crippen molar-refractivity contribution in [3.8, 4) is 5.75 Å². The second-order valence-corrected chi connectivity index (χ2v) is 6.42. The molecule has 1 atom stereocenters. The first-order valence-electron chi connectivity index (χ1n) is 7.27. The second kappa shape index (κ2) is 6.80. The molecule has 0 amide bonds. The predicted molar refractivity (Wildman–Crippen MR) is 90.1 cm³/mol. The van der Waals surface area contributed by atoms with Crippen LogP contribution in [0.15, 0.2) is 24.4 Å². The number of aryl methyl sites for hydroxylation is 1. The number of nitrogens with zero attached hydrogens (tertiary/aromatic N) is 1. The van der Waals surface area contributed by atoms with Gasteiger partial charge in [0, 0.05) is 11.1 Å². The zero-order valence-corrected chi connectivity index (χ0v) is 13.8. The largest absolute Gasteiger partial charge is 0.489 e. The number of rotatable bonds is 6. The quantitative estimate of drug-likeness (QED) is 0.783. The van der Waals surface area contributed by atoms with Gasteiger partial charge in [0.2, 0.25) is 0 Å². The van der Waals surface area contributed by atoms with Crippen LogP contribution < -0.4 is 15.8 Å². The highest BCUT2D eigenvalue weighted by atomic mass is 32.1. The molecule has 0 aliphatic heterocycles. The topological polar surface area (TPSA) is 60.2 Å². The minimum atomic E-state index is 0.103. The number of para-hydroxylation sites is 1. The molecule has 0 fully saturated rings. The molecule has 1 aromatic carbocycles. The summed E-state index contributed by atoms with van der Waals surface area (Å²) >= 11 is 1.74. The average Bonchev–Trinajstić information content (AvgIpc) is 2.91. The molecule has 0 saturated carbocycles. The van der Waals surface area contributed by atoms with Crippen LogP contribution in [0.3, 0.4) is 0 Å². The van der Waals surface area contributed by atoms with Gasteiger partial charge in [-0.25, -0.2) is 4.98 Å². The van der Waals surface area contributed by atoms with Gasteiger partial charge in [0.15, 0.2) is 0 Å². The van der Waals surface area contributed by atoms with Crippen LogP contribution in [-0.4, -0.2) is 11.1 Å². The van der Waals surface area contributed by atoms with E-state index in [1.54, 1.807) is 11.3 Å². The lowest BCUT2D eigenvalue weighted by atomic mass is 10.2. The van der Waals surface area contributed by atoms with Gasteiger partial charge < -0.3 is 15.8 Å². The maximum absolute atomic E-state index is 6.18. The van der Waals surface area contributed by atoms with Crippen LogP contribution >= 0.6 is 11.3 Å². The van der Waals surface area contributed by atoms with Gasteiger partial charge in [-0.05, 0) is 39.3 Å². The summed E-state index contributed by atoms with van der Waals surface area (Å²) in [5.41, 5.74) is 7.71. The highest BCUT2D eigenvalue weighted by molar-refractivity contribution is 7.11. The second-order valence-electron chi connectivity index (χ2n) is 5.27. The van der Waals surface area contributed by atoms with Crippen LogP contribution in [0.2, 0.25) is 0 Å². The van der Waals surface area contributed by atoms with E-state index in [1.807, 2.05) is 38.2 Å². The van der Waals surface area contributed by atoms with Gasteiger partial charge in [-0.1, -0.05) is 13.0 Å². The van der Waals surface area contributed by atoms with Crippen molar-refractivity contribution in [3.05, 3.63) is 34.3 Å². The van der Waals surface area contributed by atoms with Crippen LogP contribution in [-0.2, 0) is 6.42 Å². The van der Waals surface area contributed by atoms with E-state index < -0.39 is 0 Å². The van der Waals surface area contributed by atoms with Gasteiger partial charge in [-0.3, -0.25) is 0 Å². The lowest BCUT2D eigenvalue weighted by Gasteiger charge is -2.18. The molecule has 4 nitrogen and oxygen atoms in total. The Hall–Kier alpha value is -1.75. The van der Waals surface area contributed by atoms with Crippen molar-refractivity contribution >= 4 is 22.7 Å². The molecule has 21 heavy (non-hydrogen) atoms. The zero-order chi connectivity index (χ0) is 15.4. The number of nitrogen functional groups attached to an aromatic ring is 1. The summed E-state index contributed by atoms with van der Waals surface area (Å²) in [7, 11) is 0. The molecule has 1 unspecified atom stereocenters. The molecule has 1 heterocycles. The first-order chi connectivity index (χ1) is 10.0. The SMILES string of the molecule is CCc1cnc(C(C)Nc2cccc(OC(C)C)c2N)s1. The minimum Gasteiger partial charge on any atom is -0.489 e. The molecule has 0 aliphatic rings. The van der Waals surface area contributed by atoms with Gasteiger partial charge in [0.05, 0.1) is 23.5 Å². The van der Waals surface area contributed by atoms with E-state index in [9.17, 15) is 0 Å². The van der Waals surface area contributed by atoms with E-state index in [2.05, 4.69) is 24.1 Å². The molecule has 114 valence electrons. The molecule has 3 N–H and O–H groups in total. The maximum atomic E-state index is 6.18. The number of anilines is 2. The summed E-state index contributed by atoms with van der Waals surface area (Å²) in [5.74, 6) is 0.718. The highest BCUT2D eigenvalue weighted by Gasteiger charge is 2.13. The van der Waals surface area contributed by atoms with Crippen molar-refractivity contribution < 1.29 is 4.74 Å². The third-order valence-electron chi connectivity index (χ3n) is 3.09. The number of hydrogen-bond acceptors (Lipinski definition) is 5. The molecule has 0 saturated heterocycles. The van der Waals surface area contributed by atoms with Crippen molar-refractivity contribution in [1.82, 2.24) is 4.98 Å². The maximum Gasteiger partial charge on any atom is 0.144 e. The van der Waals surface area contributed by atoms with E-state index in [1.165, 1.54) is 4.88 Å². The molecule has 1 aromatic heterocycles. The van der Waals surface area contributed by atoms with Gasteiger partial charge >= 0.3 is 0 Å². The molecular formula is C16H23N3OS. The number of benzene rings is 1. The smallest absolute Gasteiger partial charge is 0.144 e. The van der Waals surface area contributed by atoms with Crippen LogP contribution in [0.4, 0.5) is 11.4 Å². The summed E-state index contributed by atoms with van der Waals surface area (Å²) in [6.45, 7) is 8.21. The van der Waals surface area contributed by atoms with Crippen molar-refractivity contribution in [2.75, 3.05) is 11.1 Å². The molecule has 2 rings (SSSR count). The van der Waals surface area contributed by atoms with E-state index in [-0.39, 0.29) is 12.1 Å². The van der Waals surface area contributed by atoms with Crippen molar-refractivity contribution in [3.63, 3.8) is 0 Å². The summed E-state index contributed by atoms with van der Waals surface area (Å²) in [4.78, 5) is 5.76. The Morgan fingerprint density at radius 3 is 2.71 bits per heavy atom. The average molecular weight is 305 g/mol. The Bertz CT molecular complexity index is 595. The van der Waals surface area contributed by atoms with E-state index >= 15 is 0 Å². The monoisotopic (exact) mass is 305 g/mol. The lowest BCUT2D eigenvalue weighted by molar-refractivity contribution is 0.244. The molecule has 2 aromatic rings. The fourth-order valence-corrected chi connectivity index (χ4v) is 2.87. The first-order valence-corrected chi connectivity index (χ1v) is 8.09. The zero-order valence-electron chi connectivity index (χ0n) is 13.0. The predicted octanol–water partition coefficient (Wildman–Crippen LogP) is 4.25. The summed E-state index contributed by atoms with van der Waals surface area (Å²) in [6, 6.07) is 5.92. The first kappa shape index (κ1) is 15.6. The van der Waals surface area contributed by atoms with Crippen LogP contribution in [0, 0.1) is 0 Å². The molecule has 0 bridgehead atoms. The lowest BCUT2D eigenvalue weighted by Crippen LogP contribution is -2.11. The van der Waals surface area contributed by atoms with Crippen LogP contribution in [0.25, 0.3) is 0 Å². The highest BCUT2D eigenvalue weighted by Crippen LogP contribution is 2.33. The normalized spacial score (nSPS) is 12.4. The van der Waals surface area contributed by atoms with Crippen molar-refractivity contribution in [1.29, 1.82) is 0 Å². The fourth-order valence-electron chi connectivity index (χ4n) is 2.01. The fraction of sp³-hybridized carbons (Fsp3) is 0.438. The molecule has 0 radical (unpaired) electrons. The Kier molecular flexibility index (Phi) is 5.07. The molecule has 0 spiro atoms. The van der Waals surface area contributed by atoms with Crippen LogP contribution in [0.1, 0.15) is 43.6 Å². The van der Waals surface area contributed by atoms with Crippen molar-refractivity contribution in [2.24, 2.45) is 0 Å². The number of ether oxygens (including phenoxy) is 1. The van der Waals surface area contributed by atoms with E-state index in [4.69, 9.17) is 10.5 Å². The van der Waals surface area contributed by atoms with E-state index in [0.717, 1.165) is 22.9 Å². The molecular weight excluding hydrogens is 282 g/mol. The Morgan fingerprint density at radius 1 is 1.33 bits per heavy atom. The summed E-state index contributed by atoms with van der Waals surface area (Å²) in [5, 5.41) is 4.49. The van der Waals surface area contributed by atoms with Gasteiger partial charge in [-0.15, -0.1) is 11.3 Å². The number of nitrogens with one attached hydrogen (secondary N) is 1. The number of hydrogen-bond donors (Lipinski definition) is 2. The van der Waals surface area contributed by atoms with Gasteiger partial charge in [-0.2, -0.15) is 0 Å². The van der Waals surface area contributed by atoms with E-state index in [0.29, 0.717) is 5.69 Å². The van der Waals surface area contributed by atoms with Gasteiger partial charge in [0.1, 0.15) is 10.8 Å². The number of thiazole rings is 1. The minimum absolute atomic E-state index is 0.103.